The minimum absolute atomic E-state index is 0.0423. The van der Waals surface area contributed by atoms with Gasteiger partial charge >= 0.3 is 0 Å². The van der Waals surface area contributed by atoms with E-state index in [0.29, 0.717) is 21.4 Å². The minimum Gasteiger partial charge on any atom is -0.361 e. The molecular formula is C28H23Cl2NO3. The number of aromatic nitrogens is 1. The molecule has 0 aliphatic carbocycles. The molecule has 0 unspecified atom stereocenters. The maximum atomic E-state index is 13.6. The van der Waals surface area contributed by atoms with E-state index in [9.17, 15) is 9.59 Å². The lowest BCUT2D eigenvalue weighted by Crippen LogP contribution is -2.17. The lowest BCUT2D eigenvalue weighted by atomic mass is 9.85. The second kappa shape index (κ2) is 10.4. The van der Waals surface area contributed by atoms with Crippen LogP contribution in [0.5, 0.6) is 0 Å². The summed E-state index contributed by atoms with van der Waals surface area (Å²) in [5, 5.41) is 4.92. The van der Waals surface area contributed by atoms with Crippen molar-refractivity contribution in [2.75, 3.05) is 0 Å². The highest BCUT2D eigenvalue weighted by Crippen LogP contribution is 2.29. The van der Waals surface area contributed by atoms with Crippen molar-refractivity contribution in [2.45, 2.75) is 32.6 Å². The number of hydrogen-bond acceptors (Lipinski definition) is 4. The summed E-state index contributed by atoms with van der Waals surface area (Å²) in [4.78, 5) is 26.3. The summed E-state index contributed by atoms with van der Waals surface area (Å²) in [6.45, 7) is 3.68. The maximum absolute atomic E-state index is 13.6. The van der Waals surface area contributed by atoms with E-state index < -0.39 is 5.92 Å². The Hall–Kier alpha value is -3.21. The van der Waals surface area contributed by atoms with Gasteiger partial charge in [0.1, 0.15) is 11.5 Å². The highest BCUT2D eigenvalue weighted by atomic mass is 35.5. The van der Waals surface area contributed by atoms with E-state index in [2.05, 4.69) is 5.16 Å². The predicted octanol–water partition coefficient (Wildman–Crippen LogP) is 6.97. The molecule has 4 aromatic rings. The number of halogens is 2. The van der Waals surface area contributed by atoms with Gasteiger partial charge in [0.15, 0.2) is 5.78 Å². The van der Waals surface area contributed by atoms with E-state index in [1.165, 1.54) is 6.20 Å². The van der Waals surface area contributed by atoms with Crippen LogP contribution < -0.4 is 0 Å². The minimum atomic E-state index is -0.458. The largest absolute Gasteiger partial charge is 0.361 e. The summed E-state index contributed by atoms with van der Waals surface area (Å²) in [5.74, 6) is 0.0227. The molecular weight excluding hydrogens is 469 g/mol. The van der Waals surface area contributed by atoms with Crippen LogP contribution in [0.15, 0.2) is 77.4 Å². The fourth-order valence-electron chi connectivity index (χ4n) is 4.04. The van der Waals surface area contributed by atoms with E-state index in [1.54, 1.807) is 31.2 Å². The van der Waals surface area contributed by atoms with Gasteiger partial charge in [-0.2, -0.15) is 0 Å². The Bertz CT molecular complexity index is 1280. The van der Waals surface area contributed by atoms with Crippen LogP contribution in [0.1, 0.15) is 49.9 Å². The molecule has 0 aliphatic rings. The highest BCUT2D eigenvalue weighted by molar-refractivity contribution is 6.30. The van der Waals surface area contributed by atoms with Gasteiger partial charge in [0, 0.05) is 22.9 Å². The number of Topliss-reactive ketones (excluding diaryl/α,β-unsaturated/α-hetero) is 2. The number of ketones is 2. The highest BCUT2D eigenvalue weighted by Gasteiger charge is 2.23. The monoisotopic (exact) mass is 491 g/mol. The quantitative estimate of drug-likeness (QED) is 0.249. The number of rotatable bonds is 8. The summed E-state index contributed by atoms with van der Waals surface area (Å²) in [5.41, 5.74) is 4.93. The van der Waals surface area contributed by atoms with Gasteiger partial charge in [-0.1, -0.05) is 70.8 Å². The topological polar surface area (TPSA) is 60.2 Å². The van der Waals surface area contributed by atoms with Crippen LogP contribution in [-0.4, -0.2) is 16.7 Å². The molecule has 0 bridgehead atoms. The molecule has 4 nitrogen and oxygen atoms in total. The molecule has 172 valence electrons. The normalized spacial score (nSPS) is 11.1. The number of benzene rings is 3. The molecule has 4 rings (SSSR count). The van der Waals surface area contributed by atoms with E-state index in [4.69, 9.17) is 27.7 Å². The fraction of sp³-hybridized carbons (Fsp3) is 0.179. The van der Waals surface area contributed by atoms with Crippen LogP contribution in [0.4, 0.5) is 0 Å². The molecule has 0 radical (unpaired) electrons. The van der Waals surface area contributed by atoms with Gasteiger partial charge < -0.3 is 4.52 Å². The third kappa shape index (κ3) is 5.46. The van der Waals surface area contributed by atoms with E-state index >= 15 is 0 Å². The summed E-state index contributed by atoms with van der Waals surface area (Å²) in [6, 6.07) is 20.5. The van der Waals surface area contributed by atoms with Crippen LogP contribution >= 0.6 is 23.2 Å². The second-order valence-electron chi connectivity index (χ2n) is 8.34. The van der Waals surface area contributed by atoms with Crippen LogP contribution in [-0.2, 0) is 17.6 Å². The molecule has 3 aromatic carbocycles. The first-order valence-electron chi connectivity index (χ1n) is 10.9. The Balaban J connectivity index is 1.60. The first-order chi connectivity index (χ1) is 16.3. The summed E-state index contributed by atoms with van der Waals surface area (Å²) in [7, 11) is 0. The molecule has 0 saturated heterocycles. The number of aryl methyl sites for hydroxylation is 2. The lowest BCUT2D eigenvalue weighted by Gasteiger charge is -2.18. The second-order valence-corrected chi connectivity index (χ2v) is 9.21. The van der Waals surface area contributed by atoms with Crippen molar-refractivity contribution in [3.8, 4) is 0 Å². The van der Waals surface area contributed by atoms with Crippen molar-refractivity contribution in [1.82, 2.24) is 5.16 Å². The third-order valence-electron chi connectivity index (χ3n) is 5.92. The average molecular weight is 492 g/mol. The summed E-state index contributed by atoms with van der Waals surface area (Å²) < 4.78 is 5.02. The maximum Gasteiger partial charge on any atom is 0.172 e. The smallest absolute Gasteiger partial charge is 0.172 e. The van der Waals surface area contributed by atoms with Gasteiger partial charge in [-0.25, -0.2) is 0 Å². The summed E-state index contributed by atoms with van der Waals surface area (Å²) in [6.07, 6.45) is 1.89. The first-order valence-corrected chi connectivity index (χ1v) is 11.6. The van der Waals surface area contributed by atoms with Crippen LogP contribution in [0, 0.1) is 13.8 Å². The Morgan fingerprint density at radius 2 is 1.44 bits per heavy atom. The Morgan fingerprint density at radius 3 is 1.97 bits per heavy atom. The molecule has 0 fully saturated rings. The Labute approximate surface area is 208 Å². The molecule has 1 heterocycles. The average Bonchev–Trinajstić information content (AvgIpc) is 3.25. The Morgan fingerprint density at radius 1 is 0.853 bits per heavy atom. The number of carbonyl (C=O) groups excluding carboxylic acids is 2. The van der Waals surface area contributed by atoms with Gasteiger partial charge in [0.25, 0.3) is 0 Å². The number of hydrogen-bond donors (Lipinski definition) is 0. The van der Waals surface area contributed by atoms with Crippen LogP contribution in [0.25, 0.3) is 0 Å². The zero-order valence-corrected chi connectivity index (χ0v) is 20.4. The zero-order valence-electron chi connectivity index (χ0n) is 18.8. The molecule has 0 spiro atoms. The number of carbonyl (C=O) groups is 2. The molecule has 34 heavy (non-hydrogen) atoms. The molecule has 1 aromatic heterocycles. The predicted molar refractivity (Wildman–Crippen MR) is 134 cm³/mol. The van der Waals surface area contributed by atoms with Gasteiger partial charge in [-0.05, 0) is 65.9 Å². The molecule has 0 saturated carbocycles. The van der Waals surface area contributed by atoms with E-state index in [0.717, 1.165) is 27.8 Å². The molecule has 0 N–H and O–H groups in total. The van der Waals surface area contributed by atoms with Crippen molar-refractivity contribution in [3.05, 3.63) is 122 Å². The van der Waals surface area contributed by atoms with Gasteiger partial charge in [-0.15, -0.1) is 0 Å². The van der Waals surface area contributed by atoms with Crippen LogP contribution in [0.2, 0.25) is 10.0 Å². The van der Waals surface area contributed by atoms with E-state index in [1.807, 2.05) is 49.4 Å². The van der Waals surface area contributed by atoms with Crippen molar-refractivity contribution in [2.24, 2.45) is 0 Å². The van der Waals surface area contributed by atoms with Gasteiger partial charge in [-0.3, -0.25) is 9.59 Å². The lowest BCUT2D eigenvalue weighted by molar-refractivity contribution is -0.119. The molecule has 0 atom stereocenters. The Kier molecular flexibility index (Phi) is 7.30. The fourth-order valence-corrected chi connectivity index (χ4v) is 4.29. The zero-order chi connectivity index (χ0) is 24.2. The van der Waals surface area contributed by atoms with Gasteiger partial charge in [0.2, 0.25) is 0 Å². The molecule has 6 heteroatoms. The van der Waals surface area contributed by atoms with Gasteiger partial charge in [0.05, 0.1) is 17.7 Å². The summed E-state index contributed by atoms with van der Waals surface area (Å²) >= 11 is 12.1. The molecule has 0 aliphatic heterocycles. The van der Waals surface area contributed by atoms with E-state index in [-0.39, 0.29) is 24.4 Å². The van der Waals surface area contributed by atoms with Crippen molar-refractivity contribution in [1.29, 1.82) is 0 Å². The SMILES string of the molecule is Cc1ccc(CC(=O)C(c2ccc(Cl)cc2)c2ccc(Cl)cc2)cc1CC(=O)c1cnoc1C. The van der Waals surface area contributed by atoms with Crippen molar-refractivity contribution < 1.29 is 14.1 Å². The van der Waals surface area contributed by atoms with Crippen molar-refractivity contribution >= 4 is 34.8 Å². The molecule has 0 amide bonds. The standard InChI is InChI=1S/C28H23Cl2NO3/c1-17-3-4-19(13-22(17)15-26(32)25-16-31-34-18(25)2)14-27(33)28(20-5-9-23(29)10-6-20)21-7-11-24(30)12-8-21/h3-13,16,28H,14-15H2,1-2H3. The van der Waals surface area contributed by atoms with Crippen LogP contribution in [0.3, 0.4) is 0 Å². The number of nitrogens with zero attached hydrogens (tertiary/aromatic N) is 1. The third-order valence-corrected chi connectivity index (χ3v) is 6.43. The first kappa shape index (κ1) is 23.9. The van der Waals surface area contributed by atoms with Crippen molar-refractivity contribution in [3.63, 3.8) is 0 Å².